The highest BCUT2D eigenvalue weighted by Gasteiger charge is 2.18. The number of hydrogen-bond acceptors (Lipinski definition) is 2. The molecule has 2 nitrogen and oxygen atoms in total. The molecule has 0 heterocycles. The Hall–Kier alpha value is -0.0800. The molecule has 1 rings (SSSR count). The fraction of sp³-hybridized carbons (Fsp3) is 1.00. The average molecular weight is 268 g/mol. The second-order valence-corrected chi connectivity index (χ2v) is 7.47. The van der Waals surface area contributed by atoms with Gasteiger partial charge in [-0.05, 0) is 30.6 Å². The van der Waals surface area contributed by atoms with Gasteiger partial charge in [-0.3, -0.25) is 0 Å². The minimum Gasteiger partial charge on any atom is -0.313 e. The van der Waals surface area contributed by atoms with Crippen molar-refractivity contribution in [3.05, 3.63) is 0 Å². The second kappa shape index (κ2) is 8.97. The first kappa shape index (κ1) is 17.0. The van der Waals surface area contributed by atoms with Gasteiger partial charge >= 0.3 is 0 Å². The van der Waals surface area contributed by atoms with E-state index in [-0.39, 0.29) is 0 Å². The lowest BCUT2D eigenvalue weighted by Gasteiger charge is -2.30. The molecule has 1 fully saturated rings. The van der Waals surface area contributed by atoms with Gasteiger partial charge in [0.1, 0.15) is 0 Å². The van der Waals surface area contributed by atoms with Crippen LogP contribution in [0.5, 0.6) is 0 Å². The van der Waals surface area contributed by atoms with E-state index in [0.717, 1.165) is 30.3 Å². The highest BCUT2D eigenvalue weighted by Crippen LogP contribution is 2.23. The molecule has 0 aromatic carbocycles. The standard InChI is InChI=1S/C17H36N2/c1-14(2)12-19(13-15(3)4)10-9-18-17-8-6-7-16(5)11-17/h14-18H,6-13H2,1-5H3. The Labute approximate surface area is 121 Å². The molecule has 1 aliphatic carbocycles. The number of rotatable bonds is 8. The molecule has 0 aromatic heterocycles. The summed E-state index contributed by atoms with van der Waals surface area (Å²) in [5.74, 6) is 2.47. The predicted octanol–water partition coefficient (Wildman–Crippen LogP) is 3.77. The van der Waals surface area contributed by atoms with Gasteiger partial charge in [0.05, 0.1) is 0 Å². The van der Waals surface area contributed by atoms with Crippen LogP contribution in [0.25, 0.3) is 0 Å². The van der Waals surface area contributed by atoms with E-state index in [1.807, 2.05) is 0 Å². The maximum Gasteiger partial charge on any atom is 0.0107 e. The van der Waals surface area contributed by atoms with Gasteiger partial charge in [0.15, 0.2) is 0 Å². The van der Waals surface area contributed by atoms with Crippen LogP contribution in [0.3, 0.4) is 0 Å². The first-order chi connectivity index (χ1) is 8.97. The third-order valence-corrected chi connectivity index (χ3v) is 4.04. The first-order valence-electron chi connectivity index (χ1n) is 8.43. The van der Waals surface area contributed by atoms with E-state index in [0.29, 0.717) is 0 Å². The summed E-state index contributed by atoms with van der Waals surface area (Å²) in [4.78, 5) is 2.63. The van der Waals surface area contributed by atoms with Crippen LogP contribution in [-0.4, -0.2) is 37.1 Å². The summed E-state index contributed by atoms with van der Waals surface area (Å²) in [7, 11) is 0. The highest BCUT2D eigenvalue weighted by atomic mass is 15.1. The Morgan fingerprint density at radius 3 is 2.21 bits per heavy atom. The number of hydrogen-bond donors (Lipinski definition) is 1. The molecule has 2 atom stereocenters. The van der Waals surface area contributed by atoms with Gasteiger partial charge in [-0.25, -0.2) is 0 Å². The lowest BCUT2D eigenvalue weighted by atomic mass is 9.87. The van der Waals surface area contributed by atoms with Crippen molar-refractivity contribution in [2.24, 2.45) is 17.8 Å². The minimum absolute atomic E-state index is 0.772. The van der Waals surface area contributed by atoms with Gasteiger partial charge in [0, 0.05) is 32.2 Å². The number of nitrogens with one attached hydrogen (secondary N) is 1. The molecule has 114 valence electrons. The molecule has 0 radical (unpaired) electrons. The Morgan fingerprint density at radius 2 is 1.68 bits per heavy atom. The summed E-state index contributed by atoms with van der Waals surface area (Å²) in [5.41, 5.74) is 0. The van der Waals surface area contributed by atoms with Gasteiger partial charge in [0.2, 0.25) is 0 Å². The van der Waals surface area contributed by atoms with Crippen LogP contribution in [-0.2, 0) is 0 Å². The Morgan fingerprint density at radius 1 is 1.05 bits per heavy atom. The van der Waals surface area contributed by atoms with E-state index in [1.165, 1.54) is 45.3 Å². The van der Waals surface area contributed by atoms with Crippen LogP contribution < -0.4 is 5.32 Å². The van der Waals surface area contributed by atoms with E-state index >= 15 is 0 Å². The minimum atomic E-state index is 0.772. The van der Waals surface area contributed by atoms with Crippen molar-refractivity contribution in [2.75, 3.05) is 26.2 Å². The van der Waals surface area contributed by atoms with Gasteiger partial charge in [0.25, 0.3) is 0 Å². The van der Waals surface area contributed by atoms with E-state index < -0.39 is 0 Å². The normalized spacial score (nSPS) is 24.6. The van der Waals surface area contributed by atoms with Crippen LogP contribution in [0, 0.1) is 17.8 Å². The Bertz CT molecular complexity index is 215. The van der Waals surface area contributed by atoms with Crippen LogP contribution in [0.1, 0.15) is 60.3 Å². The monoisotopic (exact) mass is 268 g/mol. The third-order valence-electron chi connectivity index (χ3n) is 4.04. The quantitative estimate of drug-likeness (QED) is 0.721. The van der Waals surface area contributed by atoms with E-state index in [2.05, 4.69) is 44.8 Å². The molecule has 0 amide bonds. The van der Waals surface area contributed by atoms with Gasteiger partial charge in [-0.2, -0.15) is 0 Å². The van der Waals surface area contributed by atoms with Crippen LogP contribution in [0.4, 0.5) is 0 Å². The zero-order chi connectivity index (χ0) is 14.3. The zero-order valence-corrected chi connectivity index (χ0v) is 13.9. The summed E-state index contributed by atoms with van der Waals surface area (Å²) in [6.45, 7) is 16.5. The first-order valence-corrected chi connectivity index (χ1v) is 8.43. The lowest BCUT2D eigenvalue weighted by Crippen LogP contribution is -2.41. The molecule has 0 bridgehead atoms. The molecule has 1 N–H and O–H groups in total. The fourth-order valence-electron chi connectivity index (χ4n) is 3.34. The topological polar surface area (TPSA) is 15.3 Å². The number of nitrogens with zero attached hydrogens (tertiary/aromatic N) is 1. The molecular formula is C17H36N2. The smallest absolute Gasteiger partial charge is 0.0107 e. The van der Waals surface area contributed by atoms with E-state index in [9.17, 15) is 0 Å². The molecule has 1 aliphatic rings. The van der Waals surface area contributed by atoms with Crippen molar-refractivity contribution in [3.8, 4) is 0 Å². The van der Waals surface area contributed by atoms with Gasteiger partial charge in [-0.1, -0.05) is 47.5 Å². The van der Waals surface area contributed by atoms with Crippen LogP contribution in [0.2, 0.25) is 0 Å². The van der Waals surface area contributed by atoms with Crippen molar-refractivity contribution >= 4 is 0 Å². The fourth-order valence-corrected chi connectivity index (χ4v) is 3.34. The molecule has 1 saturated carbocycles. The van der Waals surface area contributed by atoms with E-state index in [1.54, 1.807) is 0 Å². The molecule has 2 heteroatoms. The van der Waals surface area contributed by atoms with E-state index in [4.69, 9.17) is 0 Å². The van der Waals surface area contributed by atoms with Crippen molar-refractivity contribution in [2.45, 2.75) is 66.3 Å². The SMILES string of the molecule is CC(C)CN(CCNC1CCCC(C)C1)CC(C)C. The third kappa shape index (κ3) is 7.94. The zero-order valence-electron chi connectivity index (χ0n) is 13.9. The summed E-state index contributed by atoms with van der Waals surface area (Å²) >= 11 is 0. The van der Waals surface area contributed by atoms with Crippen molar-refractivity contribution in [1.82, 2.24) is 10.2 Å². The summed E-state index contributed by atoms with van der Waals surface area (Å²) < 4.78 is 0. The molecule has 0 saturated heterocycles. The molecule has 2 unspecified atom stereocenters. The second-order valence-electron chi connectivity index (χ2n) is 7.47. The molecule has 0 aliphatic heterocycles. The Balaban J connectivity index is 2.22. The largest absolute Gasteiger partial charge is 0.313 e. The Kier molecular flexibility index (Phi) is 8.01. The average Bonchev–Trinajstić information content (AvgIpc) is 2.27. The van der Waals surface area contributed by atoms with Crippen molar-refractivity contribution < 1.29 is 0 Å². The van der Waals surface area contributed by atoms with Gasteiger partial charge < -0.3 is 10.2 Å². The highest BCUT2D eigenvalue weighted by molar-refractivity contribution is 4.76. The maximum atomic E-state index is 3.79. The van der Waals surface area contributed by atoms with Gasteiger partial charge in [-0.15, -0.1) is 0 Å². The summed E-state index contributed by atoms with van der Waals surface area (Å²) in [5, 5.41) is 3.79. The molecular weight excluding hydrogens is 232 g/mol. The molecule has 0 spiro atoms. The van der Waals surface area contributed by atoms with Crippen LogP contribution >= 0.6 is 0 Å². The van der Waals surface area contributed by atoms with Crippen molar-refractivity contribution in [1.29, 1.82) is 0 Å². The molecule has 19 heavy (non-hydrogen) atoms. The predicted molar refractivity (Wildman–Crippen MR) is 85.5 cm³/mol. The maximum absolute atomic E-state index is 3.79. The summed E-state index contributed by atoms with van der Waals surface area (Å²) in [6.07, 6.45) is 5.62. The van der Waals surface area contributed by atoms with Crippen molar-refractivity contribution in [3.63, 3.8) is 0 Å². The lowest BCUT2D eigenvalue weighted by molar-refractivity contribution is 0.210. The summed E-state index contributed by atoms with van der Waals surface area (Å²) in [6, 6.07) is 0.781. The molecule has 0 aromatic rings. The van der Waals surface area contributed by atoms with Crippen LogP contribution in [0.15, 0.2) is 0 Å².